The zero-order chi connectivity index (χ0) is 25.8. The minimum Gasteiger partial charge on any atom is -0.485 e. The van der Waals surface area contributed by atoms with E-state index in [9.17, 15) is 31.5 Å². The molecule has 2 aromatic rings. The van der Waals surface area contributed by atoms with Gasteiger partial charge in [0.1, 0.15) is 17.5 Å². The van der Waals surface area contributed by atoms with E-state index in [1.807, 2.05) is 0 Å². The van der Waals surface area contributed by atoms with Gasteiger partial charge in [0.25, 0.3) is 10.0 Å². The maximum absolute atomic E-state index is 13.4. The number of benzene rings is 2. The Kier molecular flexibility index (Phi) is 6.29. The Morgan fingerprint density at radius 1 is 1.14 bits per heavy atom. The van der Waals surface area contributed by atoms with E-state index in [4.69, 9.17) is 4.74 Å². The van der Waals surface area contributed by atoms with Crippen molar-refractivity contribution in [2.75, 3.05) is 17.9 Å². The summed E-state index contributed by atoms with van der Waals surface area (Å²) in [6, 6.07) is 7.31. The number of fused-ring (bicyclic) bond motifs is 1. The van der Waals surface area contributed by atoms with Gasteiger partial charge in [0.2, 0.25) is 5.91 Å². The lowest BCUT2D eigenvalue weighted by atomic mass is 9.84. The lowest BCUT2D eigenvalue weighted by molar-refractivity contribution is -0.147. The molecule has 1 saturated heterocycles. The van der Waals surface area contributed by atoms with Crippen LogP contribution in [-0.2, 0) is 21.0 Å². The Morgan fingerprint density at radius 2 is 1.86 bits per heavy atom. The van der Waals surface area contributed by atoms with Crippen molar-refractivity contribution >= 4 is 21.6 Å². The third-order valence-electron chi connectivity index (χ3n) is 6.58. The van der Waals surface area contributed by atoms with Gasteiger partial charge in [-0.2, -0.15) is 13.2 Å². The number of nitrogens with zero attached hydrogens (tertiary/aromatic N) is 2. The number of sulfonamides is 1. The number of hydrogen-bond donors (Lipinski definition) is 1. The van der Waals surface area contributed by atoms with Crippen molar-refractivity contribution in [1.29, 1.82) is 0 Å². The fourth-order valence-electron chi connectivity index (χ4n) is 4.54. The number of carbonyl (C=O) groups is 1. The largest absolute Gasteiger partial charge is 0.485 e. The predicted octanol–water partition coefficient (Wildman–Crippen LogP) is 4.12. The van der Waals surface area contributed by atoms with Gasteiger partial charge < -0.3 is 14.7 Å². The van der Waals surface area contributed by atoms with Gasteiger partial charge in [-0.1, -0.05) is 6.07 Å². The van der Waals surface area contributed by atoms with Gasteiger partial charge in [-0.3, -0.25) is 9.10 Å². The van der Waals surface area contributed by atoms with Crippen molar-refractivity contribution in [3.8, 4) is 5.75 Å². The highest BCUT2D eigenvalue weighted by atomic mass is 32.2. The second-order valence-electron chi connectivity index (χ2n) is 9.36. The third-order valence-corrected chi connectivity index (χ3v) is 8.36. The maximum Gasteiger partial charge on any atom is 0.416 e. The molecule has 4 rings (SSSR count). The number of rotatable bonds is 4. The van der Waals surface area contributed by atoms with E-state index in [0.29, 0.717) is 24.3 Å². The summed E-state index contributed by atoms with van der Waals surface area (Å²) in [6.07, 6.45) is -3.93. The molecule has 2 atom stereocenters. The Labute approximate surface area is 202 Å². The first-order valence-electron chi connectivity index (χ1n) is 11.2. The maximum atomic E-state index is 13.4. The van der Waals surface area contributed by atoms with Crippen molar-refractivity contribution in [2.24, 2.45) is 0 Å². The van der Waals surface area contributed by atoms with E-state index >= 15 is 0 Å². The topological polar surface area (TPSA) is 87.2 Å². The summed E-state index contributed by atoms with van der Waals surface area (Å²) in [7, 11) is -3.11. The molecule has 2 heterocycles. The van der Waals surface area contributed by atoms with Crippen LogP contribution in [-0.4, -0.2) is 49.6 Å². The highest BCUT2D eigenvalue weighted by molar-refractivity contribution is 7.92. The molecule has 35 heavy (non-hydrogen) atoms. The van der Waals surface area contributed by atoms with Crippen molar-refractivity contribution in [1.82, 2.24) is 4.90 Å². The summed E-state index contributed by atoms with van der Waals surface area (Å²) < 4.78 is 73.0. The fraction of sp³-hybridized carbons (Fsp3) is 0.458. The molecule has 1 fully saturated rings. The molecule has 7 nitrogen and oxygen atoms in total. The van der Waals surface area contributed by atoms with Crippen LogP contribution < -0.4 is 9.04 Å². The number of carbonyl (C=O) groups excluding carboxylic acids is 1. The number of anilines is 1. The predicted molar refractivity (Wildman–Crippen MR) is 122 cm³/mol. The Balaban J connectivity index is 1.77. The molecule has 0 aromatic heterocycles. The number of aliphatic hydroxyl groups is 1. The van der Waals surface area contributed by atoms with E-state index in [1.165, 1.54) is 31.3 Å². The molecular weight excluding hydrogens is 485 g/mol. The lowest BCUT2D eigenvalue weighted by Gasteiger charge is -2.47. The van der Waals surface area contributed by atoms with E-state index in [0.717, 1.165) is 35.3 Å². The highest BCUT2D eigenvalue weighted by Crippen LogP contribution is 2.45. The van der Waals surface area contributed by atoms with E-state index in [1.54, 1.807) is 18.7 Å². The lowest BCUT2D eigenvalue weighted by Crippen LogP contribution is -2.55. The number of piperidine rings is 1. The van der Waals surface area contributed by atoms with Crippen LogP contribution in [0.25, 0.3) is 0 Å². The summed E-state index contributed by atoms with van der Waals surface area (Å²) in [5, 5.41) is 11.1. The Morgan fingerprint density at radius 3 is 2.51 bits per heavy atom. The van der Waals surface area contributed by atoms with Crippen LogP contribution in [0.15, 0.2) is 47.4 Å². The molecule has 190 valence electrons. The van der Waals surface area contributed by atoms with Crippen LogP contribution in [0.2, 0.25) is 0 Å². The van der Waals surface area contributed by atoms with Crippen molar-refractivity contribution in [3.05, 3.63) is 53.6 Å². The first kappa shape index (κ1) is 25.3. The van der Waals surface area contributed by atoms with Gasteiger partial charge in [-0.05, 0) is 63.1 Å². The summed E-state index contributed by atoms with van der Waals surface area (Å²) in [6.45, 7) is 3.79. The molecule has 1 amide bonds. The average molecular weight is 513 g/mol. The smallest absolute Gasteiger partial charge is 0.416 e. The van der Waals surface area contributed by atoms with Gasteiger partial charge in [0.05, 0.1) is 22.2 Å². The number of hydrogen-bond acceptors (Lipinski definition) is 5. The van der Waals surface area contributed by atoms with Gasteiger partial charge in [-0.15, -0.1) is 0 Å². The number of ether oxygens (including phenoxy) is 1. The minimum atomic E-state index is -4.62. The van der Waals surface area contributed by atoms with Gasteiger partial charge in [-0.25, -0.2) is 8.42 Å². The highest BCUT2D eigenvalue weighted by Gasteiger charge is 2.47. The van der Waals surface area contributed by atoms with Crippen LogP contribution in [0.4, 0.5) is 18.9 Å². The molecule has 0 radical (unpaired) electrons. The number of amides is 1. The van der Waals surface area contributed by atoms with Gasteiger partial charge in [0, 0.05) is 25.6 Å². The second kappa shape index (κ2) is 8.70. The van der Waals surface area contributed by atoms with Crippen molar-refractivity contribution in [2.45, 2.75) is 61.9 Å². The molecule has 0 aliphatic carbocycles. The normalized spacial score (nSPS) is 22.4. The molecule has 0 spiro atoms. The van der Waals surface area contributed by atoms with Crippen LogP contribution in [0, 0.1) is 0 Å². The van der Waals surface area contributed by atoms with Crippen molar-refractivity contribution < 1.29 is 36.2 Å². The summed E-state index contributed by atoms with van der Waals surface area (Å²) >= 11 is 0. The second-order valence-corrected chi connectivity index (χ2v) is 11.3. The molecule has 2 aromatic carbocycles. The van der Waals surface area contributed by atoms with Gasteiger partial charge >= 0.3 is 6.18 Å². The van der Waals surface area contributed by atoms with E-state index in [2.05, 4.69) is 0 Å². The minimum absolute atomic E-state index is 0.140. The average Bonchev–Trinajstić information content (AvgIpc) is 2.79. The molecular formula is C24H27F3N2O5S. The molecule has 11 heteroatoms. The van der Waals surface area contributed by atoms with E-state index in [-0.39, 0.29) is 16.5 Å². The zero-order valence-corrected chi connectivity index (χ0v) is 20.4. The Hall–Kier alpha value is -2.79. The monoisotopic (exact) mass is 512 g/mol. The van der Waals surface area contributed by atoms with Crippen LogP contribution in [0.1, 0.15) is 50.3 Å². The summed E-state index contributed by atoms with van der Waals surface area (Å²) in [5.74, 6) is 0.197. The third kappa shape index (κ3) is 4.58. The molecule has 0 unspecified atom stereocenters. The van der Waals surface area contributed by atoms with E-state index < -0.39 is 39.5 Å². The SMILES string of the molecule is CN(c1cccc(C(F)(F)F)c1)S(=O)(=O)c1ccc2c(c1)[C@@H](N1CCCCC1=O)[C@H](O)C(C)(C)O2. The Bertz CT molecular complexity index is 1250. The molecule has 2 aliphatic rings. The number of halogens is 3. The quantitative estimate of drug-likeness (QED) is 0.666. The van der Waals surface area contributed by atoms with Crippen LogP contribution in [0.5, 0.6) is 5.75 Å². The van der Waals surface area contributed by atoms with Crippen molar-refractivity contribution in [3.63, 3.8) is 0 Å². The van der Waals surface area contributed by atoms with Crippen LogP contribution in [0.3, 0.4) is 0 Å². The molecule has 0 bridgehead atoms. The summed E-state index contributed by atoms with van der Waals surface area (Å²) in [4.78, 5) is 14.1. The standard InChI is InChI=1S/C24H27F3N2O5S/c1-23(2)22(31)21(29-12-5-4-9-20(29)30)18-14-17(10-11-19(18)34-23)35(32,33)28(3)16-8-6-7-15(13-16)24(25,26)27/h6-8,10-11,13-14,21-22,31H,4-5,9,12H2,1-3H3/t21-,22+/m1/s1. The number of aliphatic hydroxyl groups excluding tert-OH is 1. The number of likely N-dealkylation sites (tertiary alicyclic amines) is 1. The van der Waals surface area contributed by atoms with Gasteiger partial charge in [0.15, 0.2) is 0 Å². The first-order chi connectivity index (χ1) is 16.2. The fourth-order valence-corrected chi connectivity index (χ4v) is 5.76. The first-order valence-corrected chi connectivity index (χ1v) is 12.6. The zero-order valence-electron chi connectivity index (χ0n) is 19.5. The summed E-state index contributed by atoms with van der Waals surface area (Å²) in [5.41, 5.74) is -1.82. The molecule has 0 saturated carbocycles. The molecule has 2 aliphatic heterocycles. The van der Waals surface area contributed by atoms with Crippen LogP contribution >= 0.6 is 0 Å². The molecule has 1 N–H and O–H groups in total. The number of alkyl halides is 3.